The fraction of sp³-hybridized carbons (Fsp3) is 1.00. The fourth-order valence-electron chi connectivity index (χ4n) is 0.868. The minimum Gasteiger partial charge on any atom is -0.348 e. The predicted octanol–water partition coefficient (Wildman–Crippen LogP) is -1.36. The molecular weight excluding hydrogens is 315 g/mol. The van der Waals surface area contributed by atoms with E-state index in [0.717, 1.165) is 0 Å². The summed E-state index contributed by atoms with van der Waals surface area (Å²) in [6.45, 7) is 1.31. The molecule has 0 saturated carbocycles. The van der Waals surface area contributed by atoms with Gasteiger partial charge in [0.05, 0.1) is 0 Å². The molecule has 4 nitrogen and oxygen atoms in total. The van der Waals surface area contributed by atoms with Gasteiger partial charge < -0.3 is 20.9 Å². The molecule has 10 heavy (non-hydrogen) atoms. The molecule has 62 valence electrons. The Labute approximate surface area is 74.5 Å². The van der Waals surface area contributed by atoms with Gasteiger partial charge in [0.1, 0.15) is 19.0 Å². The number of hydrogen-bond donors (Lipinski definition) is 2. The molecule has 0 aromatic carbocycles. The summed E-state index contributed by atoms with van der Waals surface area (Å²) in [7, 11) is 0. The molecule has 1 saturated heterocycles. The zero-order valence-corrected chi connectivity index (χ0v) is 7.84. The van der Waals surface area contributed by atoms with Gasteiger partial charge in [-0.3, -0.25) is 0 Å². The van der Waals surface area contributed by atoms with Crippen LogP contribution in [0.3, 0.4) is 0 Å². The van der Waals surface area contributed by atoms with E-state index in [9.17, 15) is 0 Å². The van der Waals surface area contributed by atoms with Crippen molar-refractivity contribution in [1.82, 2.24) is 0 Å². The van der Waals surface area contributed by atoms with Crippen LogP contribution in [0, 0.1) is 0 Å². The van der Waals surface area contributed by atoms with Crippen molar-refractivity contribution in [3.05, 3.63) is 0 Å². The summed E-state index contributed by atoms with van der Waals surface area (Å²) in [6.07, 6.45) is 0.0185. The van der Waals surface area contributed by atoms with Crippen LogP contribution >= 0.6 is 0 Å². The van der Waals surface area contributed by atoms with Crippen molar-refractivity contribution < 1.29 is 30.5 Å². The summed E-state index contributed by atoms with van der Waals surface area (Å²) >= 11 is 0. The minimum atomic E-state index is 0. The van der Waals surface area contributed by atoms with Crippen molar-refractivity contribution >= 4 is 0 Å². The van der Waals surface area contributed by atoms with Crippen molar-refractivity contribution in [1.29, 1.82) is 0 Å². The maximum Gasteiger partial charge on any atom is 2.00 e. The number of hydrogen-bond acceptors (Lipinski definition) is 4. The van der Waals surface area contributed by atoms with Crippen LogP contribution < -0.4 is 11.5 Å². The molecule has 0 radical (unpaired) electrons. The van der Waals surface area contributed by atoms with Gasteiger partial charge in [-0.05, 0) is 0 Å². The number of nitrogens with two attached hydrogens (primary N) is 2. The molecule has 1 heterocycles. The molecule has 0 unspecified atom stereocenters. The van der Waals surface area contributed by atoms with Crippen LogP contribution in [-0.4, -0.2) is 32.1 Å². The van der Waals surface area contributed by atoms with Crippen LogP contribution in [0.4, 0.5) is 0 Å². The first-order valence-electron chi connectivity index (χ1n) is 3.02. The average Bonchev–Trinajstić information content (AvgIpc) is 2.33. The second-order valence-electron chi connectivity index (χ2n) is 2.00. The SMILES string of the molecule is NC[C@@H]1OCO[C@H]1CN.[Pt+2]. The van der Waals surface area contributed by atoms with E-state index in [-0.39, 0.29) is 33.3 Å². The zero-order chi connectivity index (χ0) is 6.69. The minimum absolute atomic E-state index is 0. The van der Waals surface area contributed by atoms with Gasteiger partial charge in [0.25, 0.3) is 0 Å². The summed E-state index contributed by atoms with van der Waals surface area (Å²) in [6, 6.07) is 0. The maximum absolute atomic E-state index is 5.34. The van der Waals surface area contributed by atoms with E-state index in [1.54, 1.807) is 0 Å². The fourth-order valence-corrected chi connectivity index (χ4v) is 0.868. The third kappa shape index (κ3) is 2.29. The normalized spacial score (nSPS) is 31.8. The van der Waals surface area contributed by atoms with Gasteiger partial charge >= 0.3 is 21.1 Å². The van der Waals surface area contributed by atoms with E-state index in [4.69, 9.17) is 20.9 Å². The van der Waals surface area contributed by atoms with E-state index in [0.29, 0.717) is 19.9 Å². The second kappa shape index (κ2) is 5.21. The van der Waals surface area contributed by atoms with Gasteiger partial charge in [-0.15, -0.1) is 0 Å². The first-order valence-corrected chi connectivity index (χ1v) is 3.02. The Bertz CT molecular complexity index is 83.7. The van der Waals surface area contributed by atoms with Gasteiger partial charge in [0, 0.05) is 13.1 Å². The maximum atomic E-state index is 5.34. The molecule has 5 heteroatoms. The van der Waals surface area contributed by atoms with Crippen LogP contribution in [0.25, 0.3) is 0 Å². The summed E-state index contributed by atoms with van der Waals surface area (Å²) in [5.74, 6) is 0. The molecule has 4 N–H and O–H groups in total. The van der Waals surface area contributed by atoms with E-state index < -0.39 is 0 Å². The molecule has 1 aliphatic rings. The molecular formula is C5H12N2O2Pt+2. The summed E-state index contributed by atoms with van der Waals surface area (Å²) in [4.78, 5) is 0. The molecule has 0 aromatic heterocycles. The van der Waals surface area contributed by atoms with E-state index >= 15 is 0 Å². The smallest absolute Gasteiger partial charge is 0.348 e. The van der Waals surface area contributed by atoms with Crippen molar-refractivity contribution in [2.24, 2.45) is 11.5 Å². The van der Waals surface area contributed by atoms with Crippen LogP contribution in [0.5, 0.6) is 0 Å². The van der Waals surface area contributed by atoms with Crippen molar-refractivity contribution in [2.45, 2.75) is 12.2 Å². The molecule has 0 amide bonds. The Morgan fingerprint density at radius 2 is 1.50 bits per heavy atom. The molecule has 1 fully saturated rings. The standard InChI is InChI=1S/C5H12N2O2.Pt/c6-1-4-5(2-7)9-3-8-4;/h4-5H,1-3,6-7H2;/q;+2/t4-,5-;/m0./s1. The van der Waals surface area contributed by atoms with Gasteiger partial charge in [-0.25, -0.2) is 0 Å². The van der Waals surface area contributed by atoms with Crippen molar-refractivity contribution in [3.8, 4) is 0 Å². The molecule has 0 aromatic rings. The molecule has 0 aliphatic carbocycles. The second-order valence-corrected chi connectivity index (χ2v) is 2.00. The van der Waals surface area contributed by atoms with Gasteiger partial charge in [0.2, 0.25) is 0 Å². The monoisotopic (exact) mass is 327 g/mol. The van der Waals surface area contributed by atoms with E-state index in [1.165, 1.54) is 0 Å². The average molecular weight is 327 g/mol. The Balaban J connectivity index is 0.000000810. The predicted molar refractivity (Wildman–Crippen MR) is 32.7 cm³/mol. The Hall–Kier alpha value is 0.528. The summed E-state index contributed by atoms with van der Waals surface area (Å²) < 4.78 is 10.2. The number of rotatable bonds is 2. The van der Waals surface area contributed by atoms with Crippen LogP contribution in [0.1, 0.15) is 0 Å². The molecule has 1 rings (SSSR count). The Morgan fingerprint density at radius 1 is 1.10 bits per heavy atom. The molecule has 0 spiro atoms. The van der Waals surface area contributed by atoms with Gasteiger partial charge in [-0.1, -0.05) is 0 Å². The van der Waals surface area contributed by atoms with Crippen molar-refractivity contribution in [2.75, 3.05) is 19.9 Å². The number of ether oxygens (including phenoxy) is 2. The zero-order valence-electron chi connectivity index (χ0n) is 5.56. The van der Waals surface area contributed by atoms with E-state index in [2.05, 4.69) is 0 Å². The third-order valence-electron chi connectivity index (χ3n) is 1.44. The summed E-state index contributed by atoms with van der Waals surface area (Å²) in [5, 5.41) is 0. The van der Waals surface area contributed by atoms with E-state index in [1.807, 2.05) is 0 Å². The molecule has 1 aliphatic heterocycles. The van der Waals surface area contributed by atoms with Gasteiger partial charge in [-0.2, -0.15) is 0 Å². The Kier molecular flexibility index (Phi) is 5.49. The first kappa shape index (κ1) is 10.5. The van der Waals surface area contributed by atoms with Crippen LogP contribution in [0.15, 0.2) is 0 Å². The topological polar surface area (TPSA) is 70.5 Å². The molecule has 2 atom stereocenters. The van der Waals surface area contributed by atoms with Crippen LogP contribution in [-0.2, 0) is 30.5 Å². The summed E-state index contributed by atoms with van der Waals surface area (Å²) in [5.41, 5.74) is 10.7. The quantitative estimate of drug-likeness (QED) is 0.658. The largest absolute Gasteiger partial charge is 2.00 e. The Morgan fingerprint density at radius 3 is 1.80 bits per heavy atom. The van der Waals surface area contributed by atoms with Gasteiger partial charge in [0.15, 0.2) is 0 Å². The molecule has 0 bridgehead atoms. The first-order chi connectivity index (χ1) is 4.38. The third-order valence-corrected chi connectivity index (χ3v) is 1.44. The van der Waals surface area contributed by atoms with Crippen LogP contribution in [0.2, 0.25) is 0 Å². The van der Waals surface area contributed by atoms with Crippen molar-refractivity contribution in [3.63, 3.8) is 0 Å².